The van der Waals surface area contributed by atoms with Gasteiger partial charge < -0.3 is 0 Å². The molecule has 0 spiro atoms. The third-order valence-electron chi connectivity index (χ3n) is 4.00. The molecule has 21 heavy (non-hydrogen) atoms. The molecule has 1 unspecified atom stereocenters. The van der Waals surface area contributed by atoms with Crippen LogP contribution in [0.3, 0.4) is 0 Å². The number of benzene rings is 1. The minimum absolute atomic E-state index is 0.186. The zero-order valence-corrected chi connectivity index (χ0v) is 13.0. The monoisotopic (exact) mass is 305 g/mol. The van der Waals surface area contributed by atoms with Crippen LogP contribution in [0, 0.1) is 6.92 Å². The summed E-state index contributed by atoms with van der Waals surface area (Å²) in [7, 11) is -1.60. The fraction of sp³-hybridized carbons (Fsp3) is 0.400. The average molecular weight is 305 g/mol. The molecule has 0 bridgehead atoms. The van der Waals surface area contributed by atoms with Crippen molar-refractivity contribution in [3.8, 4) is 0 Å². The molecule has 0 radical (unpaired) electrons. The molecule has 0 saturated heterocycles. The lowest BCUT2D eigenvalue weighted by Gasteiger charge is -2.23. The van der Waals surface area contributed by atoms with Gasteiger partial charge in [0, 0.05) is 18.3 Å². The van der Waals surface area contributed by atoms with E-state index in [4.69, 9.17) is 0 Å². The van der Waals surface area contributed by atoms with Gasteiger partial charge in [-0.2, -0.15) is 5.10 Å². The summed E-state index contributed by atoms with van der Waals surface area (Å²) in [6.07, 6.45) is 4.50. The zero-order chi connectivity index (χ0) is 15.0. The first-order valence-corrected chi connectivity index (χ1v) is 8.55. The van der Waals surface area contributed by atoms with Gasteiger partial charge in [0.05, 0.1) is 17.1 Å². The molecule has 6 heteroatoms. The summed E-state index contributed by atoms with van der Waals surface area (Å²) in [6, 6.07) is 6.72. The number of aryl methyl sites for hydroxylation is 2. The van der Waals surface area contributed by atoms with Gasteiger partial charge in [-0.1, -0.05) is 17.7 Å². The van der Waals surface area contributed by atoms with Gasteiger partial charge in [0.2, 0.25) is 10.0 Å². The Morgan fingerprint density at radius 3 is 2.71 bits per heavy atom. The largest absolute Gasteiger partial charge is 0.272 e. The molecule has 3 rings (SSSR count). The Bertz CT molecular complexity index is 748. The van der Waals surface area contributed by atoms with Gasteiger partial charge in [0.1, 0.15) is 0 Å². The second kappa shape index (κ2) is 5.27. The van der Waals surface area contributed by atoms with Crippen molar-refractivity contribution < 1.29 is 8.42 Å². The Morgan fingerprint density at radius 1 is 1.29 bits per heavy atom. The van der Waals surface area contributed by atoms with Gasteiger partial charge in [-0.05, 0) is 38.3 Å². The van der Waals surface area contributed by atoms with Crippen LogP contribution in [0.5, 0.6) is 0 Å². The highest BCUT2D eigenvalue weighted by atomic mass is 32.2. The smallest absolute Gasteiger partial charge is 0.241 e. The number of sulfonamides is 1. The molecule has 1 heterocycles. The fourth-order valence-corrected chi connectivity index (χ4v) is 4.05. The average Bonchev–Trinajstić information content (AvgIpc) is 2.82. The topological polar surface area (TPSA) is 64.0 Å². The molecule has 0 saturated carbocycles. The Hall–Kier alpha value is -1.66. The molecule has 1 aliphatic rings. The minimum Gasteiger partial charge on any atom is -0.272 e. The van der Waals surface area contributed by atoms with Gasteiger partial charge in [-0.3, -0.25) is 4.68 Å². The standard InChI is InChI=1S/C15H19N3O2S/c1-11-6-8-12(9-7-11)21(19,20)17-14-4-3-5-15-13(14)10-16-18(15)2/h6-10,14,17H,3-5H2,1-2H3. The first-order valence-electron chi connectivity index (χ1n) is 7.07. The number of fused-ring (bicyclic) bond motifs is 1. The van der Waals surface area contributed by atoms with E-state index < -0.39 is 10.0 Å². The summed E-state index contributed by atoms with van der Waals surface area (Å²) < 4.78 is 29.6. The van der Waals surface area contributed by atoms with Crippen molar-refractivity contribution in [2.24, 2.45) is 7.05 Å². The summed E-state index contributed by atoms with van der Waals surface area (Å²) in [4.78, 5) is 0.309. The highest BCUT2D eigenvalue weighted by Gasteiger charge is 2.27. The second-order valence-electron chi connectivity index (χ2n) is 5.55. The van der Waals surface area contributed by atoms with Crippen LogP contribution >= 0.6 is 0 Å². The maximum absolute atomic E-state index is 12.5. The maximum Gasteiger partial charge on any atom is 0.241 e. The van der Waals surface area contributed by atoms with E-state index in [1.165, 1.54) is 0 Å². The predicted octanol–water partition coefficient (Wildman–Crippen LogP) is 2.08. The number of nitrogens with one attached hydrogen (secondary N) is 1. The molecule has 1 aromatic heterocycles. The van der Waals surface area contributed by atoms with Gasteiger partial charge in [-0.15, -0.1) is 0 Å². The molecule has 0 aliphatic heterocycles. The van der Waals surface area contributed by atoms with E-state index in [2.05, 4.69) is 9.82 Å². The highest BCUT2D eigenvalue weighted by Crippen LogP contribution is 2.30. The number of nitrogens with zero attached hydrogens (tertiary/aromatic N) is 2. The Labute approximate surface area is 125 Å². The summed E-state index contributed by atoms with van der Waals surface area (Å²) in [6.45, 7) is 1.94. The molecule has 1 atom stereocenters. The summed E-state index contributed by atoms with van der Waals surface area (Å²) in [5, 5.41) is 4.24. The first-order chi connectivity index (χ1) is 9.97. The molecule has 0 fully saturated rings. The van der Waals surface area contributed by atoms with E-state index in [1.807, 2.05) is 30.8 Å². The minimum atomic E-state index is -3.50. The third-order valence-corrected chi connectivity index (χ3v) is 5.49. The fourth-order valence-electron chi connectivity index (χ4n) is 2.80. The number of hydrogen-bond donors (Lipinski definition) is 1. The molecule has 1 N–H and O–H groups in total. The van der Waals surface area contributed by atoms with Gasteiger partial charge in [0.15, 0.2) is 0 Å². The van der Waals surface area contributed by atoms with E-state index in [0.717, 1.165) is 36.1 Å². The Kier molecular flexibility index (Phi) is 3.59. The summed E-state index contributed by atoms with van der Waals surface area (Å²) in [5.74, 6) is 0. The van der Waals surface area contributed by atoms with Crippen LogP contribution in [-0.2, 0) is 23.5 Å². The lowest BCUT2D eigenvalue weighted by molar-refractivity contribution is 0.498. The van der Waals surface area contributed by atoms with Gasteiger partial charge in [0.25, 0.3) is 0 Å². The summed E-state index contributed by atoms with van der Waals surface area (Å²) in [5.41, 5.74) is 3.17. The predicted molar refractivity (Wildman–Crippen MR) is 80.4 cm³/mol. The quantitative estimate of drug-likeness (QED) is 0.944. The third kappa shape index (κ3) is 2.73. The van der Waals surface area contributed by atoms with Crippen LogP contribution in [0.1, 0.15) is 35.7 Å². The van der Waals surface area contributed by atoms with Crippen LogP contribution in [0.2, 0.25) is 0 Å². The molecule has 1 aromatic carbocycles. The van der Waals surface area contributed by atoms with Crippen molar-refractivity contribution in [1.29, 1.82) is 0 Å². The molecule has 1 aliphatic carbocycles. The van der Waals surface area contributed by atoms with Crippen LogP contribution in [-0.4, -0.2) is 18.2 Å². The lowest BCUT2D eigenvalue weighted by atomic mass is 9.94. The molecule has 0 amide bonds. The van der Waals surface area contributed by atoms with Crippen LogP contribution in [0.15, 0.2) is 35.4 Å². The molecule has 5 nitrogen and oxygen atoms in total. The number of hydrogen-bond acceptors (Lipinski definition) is 3. The number of aromatic nitrogens is 2. The van der Waals surface area contributed by atoms with Crippen molar-refractivity contribution in [1.82, 2.24) is 14.5 Å². The molecule has 112 valence electrons. The van der Waals surface area contributed by atoms with Crippen LogP contribution in [0.4, 0.5) is 0 Å². The van der Waals surface area contributed by atoms with Crippen molar-refractivity contribution in [3.05, 3.63) is 47.3 Å². The van der Waals surface area contributed by atoms with Crippen molar-refractivity contribution in [3.63, 3.8) is 0 Å². The van der Waals surface area contributed by atoms with Crippen LogP contribution < -0.4 is 4.72 Å². The normalized spacial score (nSPS) is 18.5. The Balaban J connectivity index is 1.88. The molecular formula is C15H19N3O2S. The van der Waals surface area contributed by atoms with E-state index in [1.54, 1.807) is 18.3 Å². The zero-order valence-electron chi connectivity index (χ0n) is 12.2. The Morgan fingerprint density at radius 2 is 2.00 bits per heavy atom. The van der Waals surface area contributed by atoms with Crippen molar-refractivity contribution >= 4 is 10.0 Å². The molecule has 2 aromatic rings. The maximum atomic E-state index is 12.5. The lowest BCUT2D eigenvalue weighted by Crippen LogP contribution is -2.31. The summed E-state index contributed by atoms with van der Waals surface area (Å²) >= 11 is 0. The van der Waals surface area contributed by atoms with E-state index in [-0.39, 0.29) is 6.04 Å². The van der Waals surface area contributed by atoms with E-state index in [0.29, 0.717) is 4.90 Å². The van der Waals surface area contributed by atoms with E-state index >= 15 is 0 Å². The first kappa shape index (κ1) is 14.3. The number of rotatable bonds is 3. The SMILES string of the molecule is Cc1ccc(S(=O)(=O)NC2CCCc3c2cnn3C)cc1. The molecular weight excluding hydrogens is 286 g/mol. The highest BCUT2D eigenvalue weighted by molar-refractivity contribution is 7.89. The van der Waals surface area contributed by atoms with Crippen LogP contribution in [0.25, 0.3) is 0 Å². The van der Waals surface area contributed by atoms with Crippen molar-refractivity contribution in [2.45, 2.75) is 37.1 Å². The van der Waals surface area contributed by atoms with E-state index in [9.17, 15) is 8.42 Å². The van der Waals surface area contributed by atoms with Crippen molar-refractivity contribution in [2.75, 3.05) is 0 Å². The van der Waals surface area contributed by atoms with Gasteiger partial charge >= 0.3 is 0 Å². The van der Waals surface area contributed by atoms with Gasteiger partial charge in [-0.25, -0.2) is 13.1 Å². The second-order valence-corrected chi connectivity index (χ2v) is 7.26.